The Balaban J connectivity index is 1.26. The molecule has 234 valence electrons. The maximum absolute atomic E-state index is 6.78. The van der Waals surface area contributed by atoms with Crippen LogP contribution in [0.2, 0.25) is 0 Å². The van der Waals surface area contributed by atoms with Crippen molar-refractivity contribution in [3.63, 3.8) is 0 Å². The number of hydrogen-bond acceptors (Lipinski definition) is 4. The fourth-order valence-corrected chi connectivity index (χ4v) is 7.26. The average Bonchev–Trinajstić information content (AvgIpc) is 3.77. The van der Waals surface area contributed by atoms with Crippen LogP contribution in [0.1, 0.15) is 0 Å². The molecule has 4 nitrogen and oxygen atoms in total. The van der Waals surface area contributed by atoms with Crippen LogP contribution in [-0.2, 0) is 0 Å². The standard InChI is InChI=1S/C46H28N2O2/c1-3-14-29(15-4-1)31-18-7-8-19-34(31)46-47-38(30-16-5-2-6-17-30)28-39(48-46)35-27-26-33(44-37-21-10-12-24-41(37)50-45(35)44)32-22-13-25-42-43(32)36-20-9-11-23-40(36)49-42/h1-28H. The summed E-state index contributed by atoms with van der Waals surface area (Å²) in [6.07, 6.45) is 0. The lowest BCUT2D eigenvalue weighted by atomic mass is 9.93. The van der Waals surface area contributed by atoms with E-state index in [1.165, 1.54) is 0 Å². The largest absolute Gasteiger partial charge is 0.456 e. The first-order valence-corrected chi connectivity index (χ1v) is 16.7. The highest BCUT2D eigenvalue weighted by Crippen LogP contribution is 2.45. The van der Waals surface area contributed by atoms with Crippen LogP contribution in [-0.4, -0.2) is 9.97 Å². The van der Waals surface area contributed by atoms with Crippen LogP contribution < -0.4 is 0 Å². The van der Waals surface area contributed by atoms with Crippen molar-refractivity contribution in [1.29, 1.82) is 0 Å². The van der Waals surface area contributed by atoms with Gasteiger partial charge in [0.25, 0.3) is 0 Å². The number of aromatic nitrogens is 2. The highest BCUT2D eigenvalue weighted by Gasteiger charge is 2.22. The van der Waals surface area contributed by atoms with E-state index in [4.69, 9.17) is 18.8 Å². The normalized spacial score (nSPS) is 11.6. The summed E-state index contributed by atoms with van der Waals surface area (Å²) < 4.78 is 13.1. The number of nitrogens with zero attached hydrogens (tertiary/aromatic N) is 2. The molecule has 3 heterocycles. The van der Waals surface area contributed by atoms with E-state index in [1.54, 1.807) is 0 Å². The van der Waals surface area contributed by atoms with Gasteiger partial charge in [0.15, 0.2) is 5.82 Å². The third-order valence-corrected chi connectivity index (χ3v) is 9.54. The molecule has 0 aliphatic carbocycles. The first kappa shape index (κ1) is 28.3. The van der Waals surface area contributed by atoms with Crippen LogP contribution >= 0.6 is 0 Å². The van der Waals surface area contributed by atoms with Crippen LogP contribution in [0.15, 0.2) is 179 Å². The minimum Gasteiger partial charge on any atom is -0.456 e. The van der Waals surface area contributed by atoms with Crippen molar-refractivity contribution in [2.24, 2.45) is 0 Å². The highest BCUT2D eigenvalue weighted by atomic mass is 16.3. The Kier molecular flexibility index (Phi) is 6.46. The second kappa shape index (κ2) is 11.4. The van der Waals surface area contributed by atoms with Gasteiger partial charge in [0.05, 0.1) is 11.4 Å². The molecule has 50 heavy (non-hydrogen) atoms. The van der Waals surface area contributed by atoms with Crippen molar-refractivity contribution >= 4 is 43.9 Å². The zero-order valence-corrected chi connectivity index (χ0v) is 26.9. The van der Waals surface area contributed by atoms with Gasteiger partial charge in [-0.15, -0.1) is 0 Å². The molecule has 0 radical (unpaired) electrons. The Morgan fingerprint density at radius 1 is 0.340 bits per heavy atom. The average molecular weight is 641 g/mol. The molecule has 0 amide bonds. The van der Waals surface area contributed by atoms with Crippen molar-refractivity contribution in [3.05, 3.63) is 170 Å². The Labute approximate surface area is 287 Å². The van der Waals surface area contributed by atoms with E-state index in [0.717, 1.165) is 94.2 Å². The van der Waals surface area contributed by atoms with Gasteiger partial charge in [0, 0.05) is 38.2 Å². The molecule has 10 aromatic rings. The first-order valence-electron chi connectivity index (χ1n) is 16.7. The summed E-state index contributed by atoms with van der Waals surface area (Å²) in [6, 6.07) is 58.3. The summed E-state index contributed by atoms with van der Waals surface area (Å²) in [5.74, 6) is 0.656. The van der Waals surface area contributed by atoms with E-state index < -0.39 is 0 Å². The highest BCUT2D eigenvalue weighted by molar-refractivity contribution is 6.21. The maximum Gasteiger partial charge on any atom is 0.161 e. The van der Waals surface area contributed by atoms with Crippen LogP contribution in [0.3, 0.4) is 0 Å². The number of rotatable bonds is 5. The molecule has 0 atom stereocenters. The van der Waals surface area contributed by atoms with Crippen molar-refractivity contribution in [2.45, 2.75) is 0 Å². The van der Waals surface area contributed by atoms with Crippen LogP contribution in [0, 0.1) is 0 Å². The van der Waals surface area contributed by atoms with Gasteiger partial charge in [0.1, 0.15) is 22.3 Å². The summed E-state index contributed by atoms with van der Waals surface area (Å²) in [6.45, 7) is 0. The van der Waals surface area contributed by atoms with Gasteiger partial charge in [-0.25, -0.2) is 9.97 Å². The molecular weight excluding hydrogens is 613 g/mol. The van der Waals surface area contributed by atoms with E-state index in [0.29, 0.717) is 5.82 Å². The van der Waals surface area contributed by atoms with E-state index in [-0.39, 0.29) is 0 Å². The Hall–Kier alpha value is -6.78. The monoisotopic (exact) mass is 640 g/mol. The lowest BCUT2D eigenvalue weighted by Gasteiger charge is -2.14. The lowest BCUT2D eigenvalue weighted by molar-refractivity contribution is 0.668. The summed E-state index contributed by atoms with van der Waals surface area (Å²) in [5.41, 5.74) is 12.2. The van der Waals surface area contributed by atoms with Crippen LogP contribution in [0.25, 0.3) is 100 Å². The zero-order valence-electron chi connectivity index (χ0n) is 26.9. The number of para-hydroxylation sites is 2. The summed E-state index contributed by atoms with van der Waals surface area (Å²) in [7, 11) is 0. The third-order valence-electron chi connectivity index (χ3n) is 9.54. The van der Waals surface area contributed by atoms with E-state index in [2.05, 4.69) is 109 Å². The topological polar surface area (TPSA) is 52.1 Å². The molecule has 0 spiro atoms. The minimum atomic E-state index is 0.656. The summed E-state index contributed by atoms with van der Waals surface area (Å²) >= 11 is 0. The van der Waals surface area contributed by atoms with Crippen molar-refractivity contribution in [1.82, 2.24) is 9.97 Å². The van der Waals surface area contributed by atoms with E-state index in [1.807, 2.05) is 60.7 Å². The Bertz CT molecular complexity index is 2870. The fourth-order valence-electron chi connectivity index (χ4n) is 7.26. The summed E-state index contributed by atoms with van der Waals surface area (Å²) in [5, 5.41) is 4.28. The predicted octanol–water partition coefficient (Wildman–Crippen LogP) is 12.6. The lowest BCUT2D eigenvalue weighted by Crippen LogP contribution is -1.98. The second-order valence-corrected chi connectivity index (χ2v) is 12.5. The molecule has 0 N–H and O–H groups in total. The molecule has 4 heteroatoms. The molecule has 0 aliphatic rings. The van der Waals surface area contributed by atoms with Gasteiger partial charge in [-0.3, -0.25) is 0 Å². The molecule has 0 unspecified atom stereocenters. The molecule has 7 aromatic carbocycles. The van der Waals surface area contributed by atoms with E-state index in [9.17, 15) is 0 Å². The fraction of sp³-hybridized carbons (Fsp3) is 0. The number of benzene rings is 7. The summed E-state index contributed by atoms with van der Waals surface area (Å²) in [4.78, 5) is 10.5. The van der Waals surface area contributed by atoms with Crippen molar-refractivity contribution in [3.8, 4) is 56.2 Å². The maximum atomic E-state index is 6.78. The quantitative estimate of drug-likeness (QED) is 0.188. The van der Waals surface area contributed by atoms with Gasteiger partial charge < -0.3 is 8.83 Å². The number of furan rings is 2. The predicted molar refractivity (Wildman–Crippen MR) is 204 cm³/mol. The Morgan fingerprint density at radius 3 is 1.66 bits per heavy atom. The van der Waals surface area contributed by atoms with Crippen molar-refractivity contribution in [2.75, 3.05) is 0 Å². The number of hydrogen-bond donors (Lipinski definition) is 0. The van der Waals surface area contributed by atoms with Gasteiger partial charge >= 0.3 is 0 Å². The van der Waals surface area contributed by atoms with Crippen LogP contribution in [0.5, 0.6) is 0 Å². The molecule has 0 fully saturated rings. The molecule has 0 saturated heterocycles. The molecule has 0 aliphatic heterocycles. The Morgan fingerprint density at radius 2 is 0.880 bits per heavy atom. The van der Waals surface area contributed by atoms with Gasteiger partial charge in [0.2, 0.25) is 0 Å². The molecule has 10 rings (SSSR count). The molecule has 0 saturated carbocycles. The van der Waals surface area contributed by atoms with Gasteiger partial charge in [-0.1, -0.05) is 140 Å². The molecular formula is C46H28N2O2. The molecule has 0 bridgehead atoms. The first-order chi connectivity index (χ1) is 24.8. The second-order valence-electron chi connectivity index (χ2n) is 12.5. The SMILES string of the molecule is c1ccc(-c2cc(-c3ccc(-c4cccc5oc6ccccc6c45)c4c3oc3ccccc34)nc(-c3ccccc3-c3ccccc3)n2)cc1. The smallest absolute Gasteiger partial charge is 0.161 e. The third kappa shape index (κ3) is 4.54. The zero-order chi connectivity index (χ0) is 33.0. The minimum absolute atomic E-state index is 0.656. The molecule has 3 aromatic heterocycles. The van der Waals surface area contributed by atoms with E-state index >= 15 is 0 Å². The van der Waals surface area contributed by atoms with Gasteiger partial charge in [-0.05, 0) is 52.6 Å². The van der Waals surface area contributed by atoms with Crippen molar-refractivity contribution < 1.29 is 8.83 Å². The van der Waals surface area contributed by atoms with Gasteiger partial charge in [-0.2, -0.15) is 0 Å². The number of fused-ring (bicyclic) bond motifs is 6. The van der Waals surface area contributed by atoms with Crippen LogP contribution in [0.4, 0.5) is 0 Å².